The molecule has 0 aromatic carbocycles. The van der Waals surface area contributed by atoms with Crippen LogP contribution in [0.2, 0.25) is 0 Å². The Kier molecular flexibility index (Phi) is 6.01. The van der Waals surface area contributed by atoms with Crippen molar-refractivity contribution in [1.29, 1.82) is 0 Å². The first-order chi connectivity index (χ1) is 4.63. The van der Waals surface area contributed by atoms with Gasteiger partial charge >= 0.3 is 0 Å². The summed E-state index contributed by atoms with van der Waals surface area (Å²) in [5, 5.41) is 18.0. The van der Waals surface area contributed by atoms with E-state index in [-0.39, 0.29) is 16.3 Å². The van der Waals surface area contributed by atoms with Gasteiger partial charge in [0.25, 0.3) is 0 Å². The lowest BCUT2D eigenvalue weighted by molar-refractivity contribution is 0.0745. The highest BCUT2D eigenvalue weighted by Crippen LogP contribution is 2.23. The molecule has 62 valence electrons. The SMILES string of the molecule is CCC(O)C(CO)C(Br)Br. The van der Waals surface area contributed by atoms with Crippen LogP contribution >= 0.6 is 31.9 Å². The second kappa shape index (κ2) is 5.52. The van der Waals surface area contributed by atoms with Crippen LogP contribution in [-0.4, -0.2) is 26.7 Å². The highest BCUT2D eigenvalue weighted by atomic mass is 79.9. The summed E-state index contributed by atoms with van der Waals surface area (Å²) in [6.07, 6.45) is 0.229. The predicted molar refractivity (Wildman–Crippen MR) is 48.5 cm³/mol. The molecule has 0 spiro atoms. The Balaban J connectivity index is 3.80. The third-order valence-corrected chi connectivity index (χ3v) is 2.81. The molecule has 0 bridgehead atoms. The molecule has 0 aliphatic heterocycles. The van der Waals surface area contributed by atoms with Crippen LogP contribution in [0.1, 0.15) is 13.3 Å². The summed E-state index contributed by atoms with van der Waals surface area (Å²) in [6.45, 7) is 1.88. The Hall–Kier alpha value is 0.880. The molecule has 0 saturated carbocycles. The van der Waals surface area contributed by atoms with Crippen molar-refractivity contribution in [1.82, 2.24) is 0 Å². The second-order valence-corrected chi connectivity index (χ2v) is 5.36. The number of hydrogen-bond donors (Lipinski definition) is 2. The molecule has 2 N–H and O–H groups in total. The fraction of sp³-hybridized carbons (Fsp3) is 1.00. The summed E-state index contributed by atoms with van der Waals surface area (Å²) in [7, 11) is 0. The van der Waals surface area contributed by atoms with Gasteiger partial charge in [0.1, 0.15) is 0 Å². The van der Waals surface area contributed by atoms with Crippen molar-refractivity contribution < 1.29 is 10.2 Å². The Labute approximate surface area is 77.9 Å². The number of halogens is 2. The third-order valence-electron chi connectivity index (χ3n) is 1.45. The molecule has 0 heterocycles. The van der Waals surface area contributed by atoms with Gasteiger partial charge in [-0.3, -0.25) is 0 Å². The minimum atomic E-state index is -0.436. The van der Waals surface area contributed by atoms with Crippen LogP contribution in [0.3, 0.4) is 0 Å². The van der Waals surface area contributed by atoms with Crippen LogP contribution in [0, 0.1) is 5.92 Å². The van der Waals surface area contributed by atoms with Crippen molar-refractivity contribution in [2.75, 3.05) is 6.61 Å². The van der Waals surface area contributed by atoms with Gasteiger partial charge in [-0.15, -0.1) is 0 Å². The maximum atomic E-state index is 9.27. The van der Waals surface area contributed by atoms with Gasteiger partial charge in [0.2, 0.25) is 0 Å². The van der Waals surface area contributed by atoms with Gasteiger partial charge in [-0.2, -0.15) is 0 Å². The molecule has 0 saturated heterocycles. The molecule has 0 fully saturated rings. The fourth-order valence-corrected chi connectivity index (χ4v) is 1.71. The van der Waals surface area contributed by atoms with Crippen LogP contribution in [0.4, 0.5) is 0 Å². The highest BCUT2D eigenvalue weighted by Gasteiger charge is 2.22. The maximum Gasteiger partial charge on any atom is 0.0772 e. The molecule has 2 unspecified atom stereocenters. The average molecular weight is 276 g/mol. The summed E-state index contributed by atoms with van der Waals surface area (Å²) in [4.78, 5) is 0. The molecule has 2 nitrogen and oxygen atoms in total. The molecule has 0 rings (SSSR count). The van der Waals surface area contributed by atoms with Gasteiger partial charge in [0.15, 0.2) is 0 Å². The lowest BCUT2D eigenvalue weighted by atomic mass is 10.0. The van der Waals surface area contributed by atoms with Gasteiger partial charge in [0.05, 0.1) is 16.4 Å². The third kappa shape index (κ3) is 3.32. The zero-order valence-corrected chi connectivity index (χ0v) is 8.97. The standard InChI is InChI=1S/C6H12Br2O2/c1-2-5(10)4(3-9)6(7)8/h4-6,9-10H,2-3H2,1H3. The van der Waals surface area contributed by atoms with E-state index in [4.69, 9.17) is 5.11 Å². The topological polar surface area (TPSA) is 40.5 Å². The Bertz CT molecular complexity index is 87.8. The van der Waals surface area contributed by atoms with E-state index in [2.05, 4.69) is 31.9 Å². The van der Waals surface area contributed by atoms with Gasteiger partial charge in [0, 0.05) is 5.92 Å². The Morgan fingerprint density at radius 1 is 1.40 bits per heavy atom. The molecule has 2 atom stereocenters. The van der Waals surface area contributed by atoms with Crippen molar-refractivity contribution >= 4 is 31.9 Å². The van der Waals surface area contributed by atoms with E-state index in [1.54, 1.807) is 0 Å². The van der Waals surface area contributed by atoms with E-state index < -0.39 is 6.10 Å². The second-order valence-electron chi connectivity index (χ2n) is 2.16. The number of hydrogen-bond acceptors (Lipinski definition) is 2. The van der Waals surface area contributed by atoms with Crippen molar-refractivity contribution in [3.63, 3.8) is 0 Å². The van der Waals surface area contributed by atoms with Crippen molar-refractivity contribution in [3.05, 3.63) is 0 Å². The number of aliphatic hydroxyl groups is 2. The molecule has 0 aliphatic carbocycles. The van der Waals surface area contributed by atoms with E-state index in [0.29, 0.717) is 6.42 Å². The van der Waals surface area contributed by atoms with Gasteiger partial charge < -0.3 is 10.2 Å². The first-order valence-electron chi connectivity index (χ1n) is 3.20. The molecular weight excluding hydrogens is 264 g/mol. The largest absolute Gasteiger partial charge is 0.396 e. The van der Waals surface area contributed by atoms with Crippen LogP contribution in [0.5, 0.6) is 0 Å². The summed E-state index contributed by atoms with van der Waals surface area (Å²) in [6, 6.07) is 0. The Morgan fingerprint density at radius 2 is 1.90 bits per heavy atom. The lowest BCUT2D eigenvalue weighted by Gasteiger charge is -2.20. The zero-order chi connectivity index (χ0) is 8.15. The number of rotatable bonds is 4. The zero-order valence-electron chi connectivity index (χ0n) is 5.80. The fourth-order valence-electron chi connectivity index (χ4n) is 0.672. The minimum absolute atomic E-state index is 0.00380. The highest BCUT2D eigenvalue weighted by molar-refractivity contribution is 9.24. The number of alkyl halides is 2. The minimum Gasteiger partial charge on any atom is -0.396 e. The molecule has 0 aromatic rings. The molecule has 0 radical (unpaired) electrons. The smallest absolute Gasteiger partial charge is 0.0772 e. The maximum absolute atomic E-state index is 9.27. The van der Waals surface area contributed by atoms with Crippen LogP contribution in [0.25, 0.3) is 0 Å². The Morgan fingerprint density at radius 3 is 2.00 bits per heavy atom. The van der Waals surface area contributed by atoms with Crippen molar-refractivity contribution in [2.24, 2.45) is 5.92 Å². The monoisotopic (exact) mass is 274 g/mol. The first-order valence-corrected chi connectivity index (χ1v) is 5.03. The lowest BCUT2D eigenvalue weighted by Crippen LogP contribution is -2.27. The van der Waals surface area contributed by atoms with Crippen molar-refractivity contribution in [3.8, 4) is 0 Å². The molecule has 0 aromatic heterocycles. The van der Waals surface area contributed by atoms with Gasteiger partial charge in [-0.1, -0.05) is 38.8 Å². The van der Waals surface area contributed by atoms with E-state index in [0.717, 1.165) is 0 Å². The number of aliphatic hydroxyl groups excluding tert-OH is 2. The quantitative estimate of drug-likeness (QED) is 0.763. The summed E-state index contributed by atoms with van der Waals surface area (Å²) < 4.78 is -0.0139. The first kappa shape index (κ1) is 10.9. The van der Waals surface area contributed by atoms with Gasteiger partial charge in [-0.25, -0.2) is 0 Å². The molecule has 10 heavy (non-hydrogen) atoms. The van der Waals surface area contributed by atoms with E-state index in [1.807, 2.05) is 6.92 Å². The summed E-state index contributed by atoms with van der Waals surface area (Å²) in [5.74, 6) is -0.120. The molecule has 0 aliphatic rings. The van der Waals surface area contributed by atoms with E-state index >= 15 is 0 Å². The summed E-state index contributed by atoms with van der Waals surface area (Å²) in [5.41, 5.74) is 0. The normalized spacial score (nSPS) is 17.4. The van der Waals surface area contributed by atoms with Crippen molar-refractivity contribution in [2.45, 2.75) is 23.2 Å². The van der Waals surface area contributed by atoms with Gasteiger partial charge in [-0.05, 0) is 6.42 Å². The van der Waals surface area contributed by atoms with Crippen LogP contribution < -0.4 is 0 Å². The molecule has 4 heteroatoms. The average Bonchev–Trinajstić information content (AvgIpc) is 1.88. The van der Waals surface area contributed by atoms with E-state index in [1.165, 1.54) is 0 Å². The molecular formula is C6H12Br2O2. The van der Waals surface area contributed by atoms with Crippen LogP contribution in [-0.2, 0) is 0 Å². The molecule has 0 amide bonds. The summed E-state index contributed by atoms with van der Waals surface area (Å²) >= 11 is 6.48. The van der Waals surface area contributed by atoms with E-state index in [9.17, 15) is 5.11 Å². The van der Waals surface area contributed by atoms with Crippen LogP contribution in [0.15, 0.2) is 0 Å². The predicted octanol–water partition coefficient (Wildman–Crippen LogP) is 1.48.